The largest absolute Gasteiger partial charge is 0.450 e. The van der Waals surface area contributed by atoms with Crippen LogP contribution in [0.3, 0.4) is 0 Å². The highest BCUT2D eigenvalue weighted by atomic mass is 16.3. The molecular formula is C54H29N5O. The van der Waals surface area contributed by atoms with Crippen LogP contribution in [0.5, 0.6) is 0 Å². The lowest BCUT2D eigenvalue weighted by atomic mass is 9.99. The number of aromatic nitrogens is 5. The van der Waals surface area contributed by atoms with Crippen molar-refractivity contribution in [3.8, 4) is 11.8 Å². The zero-order chi connectivity index (χ0) is 38.8. The minimum atomic E-state index is 0.592. The van der Waals surface area contributed by atoms with Gasteiger partial charge in [0.05, 0.1) is 38.6 Å². The number of nitrogens with zero attached hydrogens (tertiary/aromatic N) is 5. The Labute approximate surface area is 339 Å². The first-order valence-corrected chi connectivity index (χ1v) is 20.4. The molecule has 0 bridgehead atoms. The van der Waals surface area contributed by atoms with Crippen molar-refractivity contribution in [2.75, 3.05) is 0 Å². The number of fused-ring (bicyclic) bond motifs is 20. The van der Waals surface area contributed by atoms with Crippen LogP contribution in [0.4, 0.5) is 0 Å². The van der Waals surface area contributed by atoms with Gasteiger partial charge in [-0.3, -0.25) is 9.13 Å². The minimum absolute atomic E-state index is 0.592. The van der Waals surface area contributed by atoms with Crippen molar-refractivity contribution < 1.29 is 4.42 Å². The summed E-state index contributed by atoms with van der Waals surface area (Å²) in [5, 5.41) is 15.4. The molecule has 60 heavy (non-hydrogen) atoms. The molecule has 0 aliphatic carbocycles. The first-order valence-electron chi connectivity index (χ1n) is 20.4. The Bertz CT molecular complexity index is 4370. The normalized spacial score (nSPS) is 12.7. The van der Waals surface area contributed by atoms with E-state index in [-0.39, 0.29) is 0 Å². The average molecular weight is 764 g/mol. The first-order chi connectivity index (χ1) is 29.8. The van der Waals surface area contributed by atoms with Crippen LogP contribution in [-0.2, 0) is 0 Å². The molecule has 0 aliphatic heterocycles. The molecule has 6 heterocycles. The van der Waals surface area contributed by atoms with Gasteiger partial charge in [0.25, 0.3) is 0 Å². The van der Waals surface area contributed by atoms with E-state index in [1.54, 1.807) is 0 Å². The molecule has 0 spiro atoms. The van der Waals surface area contributed by atoms with Crippen LogP contribution < -0.4 is 0 Å². The van der Waals surface area contributed by atoms with Crippen molar-refractivity contribution in [1.29, 1.82) is 0 Å². The van der Waals surface area contributed by atoms with Crippen LogP contribution >= 0.6 is 0 Å². The van der Waals surface area contributed by atoms with Crippen LogP contribution in [-0.4, -0.2) is 23.5 Å². The Morgan fingerprint density at radius 1 is 0.367 bits per heavy atom. The van der Waals surface area contributed by atoms with Gasteiger partial charge in [0.2, 0.25) is 5.95 Å². The summed E-state index contributed by atoms with van der Waals surface area (Å²) in [4.78, 5) is 11.2. The highest BCUT2D eigenvalue weighted by Gasteiger charge is 2.28. The number of hydrogen-bond acceptors (Lipinski definition) is 3. The fourth-order valence-corrected chi connectivity index (χ4v) is 10.8. The molecule has 15 rings (SSSR count). The van der Waals surface area contributed by atoms with Crippen LogP contribution in [0.15, 0.2) is 180 Å². The number of para-hydroxylation sites is 4. The van der Waals surface area contributed by atoms with Crippen molar-refractivity contribution >= 4 is 125 Å². The lowest BCUT2D eigenvalue weighted by Crippen LogP contribution is -2.06. The zero-order valence-corrected chi connectivity index (χ0v) is 31.9. The summed E-state index contributed by atoms with van der Waals surface area (Å²) in [7, 11) is 0. The Balaban J connectivity index is 1.19. The molecule has 0 amide bonds. The van der Waals surface area contributed by atoms with E-state index < -0.39 is 0 Å². The molecule has 0 fully saturated rings. The van der Waals surface area contributed by atoms with Gasteiger partial charge in [-0.15, -0.1) is 0 Å². The minimum Gasteiger partial charge on any atom is -0.450 e. The number of rotatable bonds is 2. The molecule has 6 aromatic heterocycles. The lowest BCUT2D eigenvalue weighted by Gasteiger charge is -2.13. The van der Waals surface area contributed by atoms with Crippen LogP contribution in [0.25, 0.3) is 137 Å². The van der Waals surface area contributed by atoms with Crippen LogP contribution in [0, 0.1) is 0 Å². The van der Waals surface area contributed by atoms with E-state index in [1.807, 2.05) is 12.1 Å². The molecule has 0 N–H and O–H groups in total. The third-order valence-corrected chi connectivity index (χ3v) is 13.2. The molecule has 9 aromatic carbocycles. The Morgan fingerprint density at radius 3 is 1.70 bits per heavy atom. The van der Waals surface area contributed by atoms with E-state index in [0.717, 1.165) is 49.3 Å². The molecule has 276 valence electrons. The second kappa shape index (κ2) is 10.8. The fourth-order valence-electron chi connectivity index (χ4n) is 10.8. The van der Waals surface area contributed by atoms with E-state index in [1.165, 1.54) is 70.4 Å². The highest BCUT2D eigenvalue weighted by Crippen LogP contribution is 2.49. The van der Waals surface area contributed by atoms with Gasteiger partial charge in [-0.2, -0.15) is 4.98 Å². The van der Waals surface area contributed by atoms with Crippen molar-refractivity contribution in [1.82, 2.24) is 23.5 Å². The molecule has 0 aliphatic rings. The molecule has 0 radical (unpaired) electrons. The van der Waals surface area contributed by atoms with E-state index in [9.17, 15) is 0 Å². The van der Waals surface area contributed by atoms with Gasteiger partial charge in [0.1, 0.15) is 11.1 Å². The fraction of sp³-hybridized carbons (Fsp3) is 0. The lowest BCUT2D eigenvalue weighted by molar-refractivity contribution is 0.661. The SMILES string of the molecule is c1ccc2c(c1)ccc1c2c2ccccc2n1-c1nc(-n2c3ccccc3c3cc4c5ccccc5n5c6ccc7ccccc7c6c(c32)c45)c2oc3ccccc3c2n1. The molecule has 0 atom stereocenters. The van der Waals surface area contributed by atoms with Gasteiger partial charge < -0.3 is 8.82 Å². The maximum atomic E-state index is 6.91. The van der Waals surface area contributed by atoms with Gasteiger partial charge in [-0.1, -0.05) is 127 Å². The molecule has 6 nitrogen and oxygen atoms in total. The van der Waals surface area contributed by atoms with E-state index in [2.05, 4.69) is 177 Å². The third-order valence-electron chi connectivity index (χ3n) is 13.2. The Morgan fingerprint density at radius 2 is 0.933 bits per heavy atom. The van der Waals surface area contributed by atoms with E-state index in [0.29, 0.717) is 17.3 Å². The predicted molar refractivity (Wildman–Crippen MR) is 248 cm³/mol. The quantitative estimate of drug-likeness (QED) is 0.176. The second-order valence-corrected chi connectivity index (χ2v) is 16.1. The maximum Gasteiger partial charge on any atom is 0.237 e. The Kier molecular flexibility index (Phi) is 5.57. The summed E-state index contributed by atoms with van der Waals surface area (Å²) >= 11 is 0. The monoisotopic (exact) mass is 763 g/mol. The van der Waals surface area contributed by atoms with Crippen molar-refractivity contribution in [2.24, 2.45) is 0 Å². The van der Waals surface area contributed by atoms with Crippen molar-refractivity contribution in [3.05, 3.63) is 176 Å². The summed E-state index contributed by atoms with van der Waals surface area (Å²) in [5.74, 6) is 1.30. The van der Waals surface area contributed by atoms with Gasteiger partial charge in [0.15, 0.2) is 11.4 Å². The molecular weight excluding hydrogens is 735 g/mol. The first kappa shape index (κ1) is 30.9. The second-order valence-electron chi connectivity index (χ2n) is 16.1. The van der Waals surface area contributed by atoms with Crippen LogP contribution in [0.1, 0.15) is 0 Å². The predicted octanol–water partition coefficient (Wildman–Crippen LogP) is 14.0. The molecule has 0 unspecified atom stereocenters. The van der Waals surface area contributed by atoms with Crippen molar-refractivity contribution in [2.45, 2.75) is 0 Å². The smallest absolute Gasteiger partial charge is 0.237 e. The standard InChI is InChI=1S/C54H29N5O/c1-3-15-32-30(13-1)25-27-43-46(32)36-19-7-11-23-42(36)58(43)54-55-49-37-20-8-12-24-45(37)60-52(49)53(56-54)59-41-22-10-6-18-35(41)39-29-38-34-17-5-9-21-40(34)57-44-28-26-31-14-2-4-16-33(31)47(44)48(50(38)57)51(39)59/h1-29H. The Hall–Kier alpha value is -8.22. The summed E-state index contributed by atoms with van der Waals surface area (Å²) in [6, 6.07) is 63.2. The zero-order valence-electron chi connectivity index (χ0n) is 31.9. The van der Waals surface area contributed by atoms with Gasteiger partial charge in [-0.05, 0) is 70.1 Å². The highest BCUT2D eigenvalue weighted by molar-refractivity contribution is 6.37. The third kappa shape index (κ3) is 3.66. The molecule has 0 saturated heterocycles. The van der Waals surface area contributed by atoms with E-state index >= 15 is 0 Å². The van der Waals surface area contributed by atoms with E-state index in [4.69, 9.17) is 14.4 Å². The molecule has 15 aromatic rings. The van der Waals surface area contributed by atoms with Gasteiger partial charge in [0, 0.05) is 48.5 Å². The van der Waals surface area contributed by atoms with Gasteiger partial charge in [-0.25, -0.2) is 4.98 Å². The summed E-state index contributed by atoms with van der Waals surface area (Å²) < 4.78 is 14.0. The van der Waals surface area contributed by atoms with Crippen molar-refractivity contribution in [3.63, 3.8) is 0 Å². The number of furan rings is 1. The summed E-state index contributed by atoms with van der Waals surface area (Å²) in [6.07, 6.45) is 0. The maximum absolute atomic E-state index is 6.91. The summed E-state index contributed by atoms with van der Waals surface area (Å²) in [6.45, 7) is 0. The van der Waals surface area contributed by atoms with Gasteiger partial charge >= 0.3 is 0 Å². The average Bonchev–Trinajstić information content (AvgIpc) is 4.10. The topological polar surface area (TPSA) is 53.2 Å². The molecule has 0 saturated carbocycles. The summed E-state index contributed by atoms with van der Waals surface area (Å²) in [5.41, 5.74) is 10.1. The molecule has 6 heteroatoms. The number of hydrogen-bond donors (Lipinski definition) is 0. The van der Waals surface area contributed by atoms with Crippen LogP contribution in [0.2, 0.25) is 0 Å². The number of benzene rings is 9.